The standard InChI is InChI=1S/C19H17ClN4O3/c1-27-16-7-6-12(9-13(16)20)24-10-11(8-17(24)25)18(26)23-19-21-14-4-2-3-5-15(14)22-19/h2-7,9,11H,8,10H2,1H3,(H2,21,22,23,26). The van der Waals surface area contributed by atoms with E-state index < -0.39 is 5.92 Å². The zero-order chi connectivity index (χ0) is 19.0. The van der Waals surface area contributed by atoms with Crippen LogP contribution in [-0.4, -0.2) is 35.4 Å². The van der Waals surface area contributed by atoms with Crippen molar-refractivity contribution in [2.24, 2.45) is 5.92 Å². The molecule has 1 saturated heterocycles. The van der Waals surface area contributed by atoms with Crippen molar-refractivity contribution in [3.63, 3.8) is 0 Å². The SMILES string of the molecule is COc1ccc(N2CC(C(=O)Nc3nc4ccccc4[nH]3)CC2=O)cc1Cl. The molecule has 1 fully saturated rings. The number of carbonyl (C=O) groups excluding carboxylic acids is 2. The summed E-state index contributed by atoms with van der Waals surface area (Å²) < 4.78 is 5.13. The number of fused-ring (bicyclic) bond motifs is 1. The zero-order valence-corrected chi connectivity index (χ0v) is 15.3. The van der Waals surface area contributed by atoms with Crippen molar-refractivity contribution >= 4 is 46.1 Å². The van der Waals surface area contributed by atoms with E-state index in [0.29, 0.717) is 22.4 Å². The van der Waals surface area contributed by atoms with E-state index >= 15 is 0 Å². The average molecular weight is 385 g/mol. The molecule has 2 amide bonds. The molecule has 0 aliphatic carbocycles. The second-order valence-electron chi connectivity index (χ2n) is 6.32. The predicted molar refractivity (Wildman–Crippen MR) is 103 cm³/mol. The summed E-state index contributed by atoms with van der Waals surface area (Å²) in [6, 6.07) is 12.6. The molecule has 0 saturated carbocycles. The van der Waals surface area contributed by atoms with Crippen LogP contribution in [0.2, 0.25) is 5.02 Å². The number of benzene rings is 2. The fraction of sp³-hybridized carbons (Fsp3) is 0.211. The Morgan fingerprint density at radius 3 is 2.89 bits per heavy atom. The van der Waals surface area contributed by atoms with Crippen LogP contribution < -0.4 is 15.0 Å². The van der Waals surface area contributed by atoms with E-state index in [9.17, 15) is 9.59 Å². The number of hydrogen-bond donors (Lipinski definition) is 2. The van der Waals surface area contributed by atoms with Gasteiger partial charge in [-0.1, -0.05) is 23.7 Å². The smallest absolute Gasteiger partial charge is 0.232 e. The maximum atomic E-state index is 12.6. The van der Waals surface area contributed by atoms with Gasteiger partial charge < -0.3 is 14.6 Å². The number of nitrogens with zero attached hydrogens (tertiary/aromatic N) is 2. The fourth-order valence-corrected chi connectivity index (χ4v) is 3.44. The molecule has 2 aromatic carbocycles. The number of rotatable bonds is 4. The highest BCUT2D eigenvalue weighted by Crippen LogP contribution is 2.32. The van der Waals surface area contributed by atoms with Crippen LogP contribution in [0, 0.1) is 5.92 Å². The van der Waals surface area contributed by atoms with Gasteiger partial charge in [0.05, 0.1) is 29.1 Å². The first-order valence-corrected chi connectivity index (χ1v) is 8.82. The minimum absolute atomic E-state index is 0.124. The van der Waals surface area contributed by atoms with E-state index in [0.717, 1.165) is 11.0 Å². The number of halogens is 1. The first-order valence-electron chi connectivity index (χ1n) is 8.44. The third-order valence-corrected chi connectivity index (χ3v) is 4.87. The molecule has 1 aromatic heterocycles. The van der Waals surface area contributed by atoms with Gasteiger partial charge in [0.15, 0.2) is 0 Å². The van der Waals surface area contributed by atoms with Crippen LogP contribution in [0.15, 0.2) is 42.5 Å². The van der Waals surface area contributed by atoms with Gasteiger partial charge in [0, 0.05) is 18.7 Å². The molecule has 2 N–H and O–H groups in total. The van der Waals surface area contributed by atoms with Crippen LogP contribution in [0.3, 0.4) is 0 Å². The summed E-state index contributed by atoms with van der Waals surface area (Å²) in [5.74, 6) is 0.0722. The Morgan fingerprint density at radius 1 is 1.33 bits per heavy atom. The summed E-state index contributed by atoms with van der Waals surface area (Å²) in [6.07, 6.45) is 0.135. The highest BCUT2D eigenvalue weighted by Gasteiger charge is 2.35. The normalized spacial score (nSPS) is 16.7. The molecule has 2 heterocycles. The number of nitrogens with one attached hydrogen (secondary N) is 2. The molecular formula is C19H17ClN4O3. The Balaban J connectivity index is 1.48. The maximum absolute atomic E-state index is 12.6. The molecule has 1 aliphatic heterocycles. The zero-order valence-electron chi connectivity index (χ0n) is 14.5. The lowest BCUT2D eigenvalue weighted by Crippen LogP contribution is -2.28. The maximum Gasteiger partial charge on any atom is 0.232 e. The van der Waals surface area contributed by atoms with Gasteiger partial charge in [0.2, 0.25) is 17.8 Å². The number of ether oxygens (including phenoxy) is 1. The molecule has 0 bridgehead atoms. The highest BCUT2D eigenvalue weighted by molar-refractivity contribution is 6.32. The molecule has 27 heavy (non-hydrogen) atoms. The first kappa shape index (κ1) is 17.4. The number of methoxy groups -OCH3 is 1. The minimum Gasteiger partial charge on any atom is -0.495 e. The second-order valence-corrected chi connectivity index (χ2v) is 6.72. The third kappa shape index (κ3) is 3.33. The van der Waals surface area contributed by atoms with Crippen LogP contribution in [-0.2, 0) is 9.59 Å². The van der Waals surface area contributed by atoms with Gasteiger partial charge in [-0.05, 0) is 30.3 Å². The van der Waals surface area contributed by atoms with Crippen molar-refractivity contribution in [2.45, 2.75) is 6.42 Å². The summed E-state index contributed by atoms with van der Waals surface area (Å²) in [4.78, 5) is 33.9. The quantitative estimate of drug-likeness (QED) is 0.723. The summed E-state index contributed by atoms with van der Waals surface area (Å²) in [5.41, 5.74) is 2.25. The van der Waals surface area contributed by atoms with Gasteiger partial charge in [-0.25, -0.2) is 4.98 Å². The Hall–Kier alpha value is -3.06. The lowest BCUT2D eigenvalue weighted by atomic mass is 10.1. The lowest BCUT2D eigenvalue weighted by molar-refractivity contribution is -0.122. The molecule has 138 valence electrons. The summed E-state index contributed by atoms with van der Waals surface area (Å²) in [7, 11) is 1.53. The second kappa shape index (κ2) is 6.92. The van der Waals surface area contributed by atoms with Gasteiger partial charge in [-0.3, -0.25) is 14.9 Å². The average Bonchev–Trinajstić information content (AvgIpc) is 3.24. The van der Waals surface area contributed by atoms with E-state index in [4.69, 9.17) is 16.3 Å². The Bertz CT molecular complexity index is 1000. The predicted octanol–water partition coefficient (Wildman–Crippen LogP) is 3.22. The number of amides is 2. The molecule has 0 radical (unpaired) electrons. The van der Waals surface area contributed by atoms with Gasteiger partial charge in [0.1, 0.15) is 5.75 Å². The van der Waals surface area contributed by atoms with Crippen LogP contribution >= 0.6 is 11.6 Å². The van der Waals surface area contributed by atoms with Gasteiger partial charge in [-0.2, -0.15) is 0 Å². The molecule has 7 nitrogen and oxygen atoms in total. The lowest BCUT2D eigenvalue weighted by Gasteiger charge is -2.17. The number of anilines is 2. The van der Waals surface area contributed by atoms with E-state index in [1.807, 2.05) is 24.3 Å². The summed E-state index contributed by atoms with van der Waals surface area (Å²) in [5, 5.41) is 3.18. The van der Waals surface area contributed by atoms with Gasteiger partial charge in [-0.15, -0.1) is 0 Å². The van der Waals surface area contributed by atoms with E-state index in [-0.39, 0.29) is 24.8 Å². The van der Waals surface area contributed by atoms with Gasteiger partial charge >= 0.3 is 0 Å². The van der Waals surface area contributed by atoms with Crippen molar-refractivity contribution in [2.75, 3.05) is 23.9 Å². The largest absolute Gasteiger partial charge is 0.495 e. The first-order chi connectivity index (χ1) is 13.0. The molecule has 1 atom stereocenters. The van der Waals surface area contributed by atoms with Crippen LogP contribution in [0.4, 0.5) is 11.6 Å². The monoisotopic (exact) mass is 384 g/mol. The van der Waals surface area contributed by atoms with Crippen LogP contribution in [0.25, 0.3) is 11.0 Å². The Kier molecular flexibility index (Phi) is 4.45. The topological polar surface area (TPSA) is 87.3 Å². The number of carbonyl (C=O) groups is 2. The summed E-state index contributed by atoms with van der Waals surface area (Å²) >= 11 is 6.15. The molecule has 8 heteroatoms. The van der Waals surface area contributed by atoms with E-state index in [1.165, 1.54) is 7.11 Å². The number of para-hydroxylation sites is 2. The molecule has 1 unspecified atom stereocenters. The van der Waals surface area contributed by atoms with E-state index in [1.54, 1.807) is 23.1 Å². The molecule has 1 aliphatic rings. The van der Waals surface area contributed by atoms with Crippen molar-refractivity contribution in [3.05, 3.63) is 47.5 Å². The van der Waals surface area contributed by atoms with E-state index in [2.05, 4.69) is 15.3 Å². The molecular weight excluding hydrogens is 368 g/mol. The van der Waals surface area contributed by atoms with Crippen molar-refractivity contribution in [1.29, 1.82) is 0 Å². The van der Waals surface area contributed by atoms with Gasteiger partial charge in [0.25, 0.3) is 0 Å². The van der Waals surface area contributed by atoms with Crippen LogP contribution in [0.5, 0.6) is 5.75 Å². The minimum atomic E-state index is -0.466. The molecule has 3 aromatic rings. The van der Waals surface area contributed by atoms with Crippen LogP contribution in [0.1, 0.15) is 6.42 Å². The Labute approximate surface area is 160 Å². The number of aromatic nitrogens is 2. The Morgan fingerprint density at radius 2 is 2.15 bits per heavy atom. The number of imidazole rings is 1. The third-order valence-electron chi connectivity index (χ3n) is 4.57. The molecule has 0 spiro atoms. The number of aromatic amines is 1. The van der Waals surface area contributed by atoms with Crippen molar-refractivity contribution in [1.82, 2.24) is 9.97 Å². The summed E-state index contributed by atoms with van der Waals surface area (Å²) in [6.45, 7) is 0.285. The number of H-pyrrole nitrogens is 1. The van der Waals surface area contributed by atoms with Crippen molar-refractivity contribution in [3.8, 4) is 5.75 Å². The highest BCUT2D eigenvalue weighted by atomic mass is 35.5. The van der Waals surface area contributed by atoms with Crippen molar-refractivity contribution < 1.29 is 14.3 Å². The molecule has 4 rings (SSSR count). The number of hydrogen-bond acceptors (Lipinski definition) is 4. The fourth-order valence-electron chi connectivity index (χ4n) is 3.19.